The Balaban J connectivity index is 1.63. The van der Waals surface area contributed by atoms with Crippen LogP contribution in [0.25, 0.3) is 0 Å². The van der Waals surface area contributed by atoms with Crippen molar-refractivity contribution in [1.29, 1.82) is 0 Å². The maximum atomic E-state index is 12.6. The molecule has 11 unspecified atom stereocenters. The summed E-state index contributed by atoms with van der Waals surface area (Å²) in [5.41, 5.74) is 0. The van der Waals surface area contributed by atoms with Gasteiger partial charge in [0.2, 0.25) is 0 Å². The summed E-state index contributed by atoms with van der Waals surface area (Å²) >= 11 is 0. The topological polar surface area (TPSA) is 214 Å². The highest BCUT2D eigenvalue weighted by Crippen LogP contribution is 2.26. The molecule has 0 amide bonds. The van der Waals surface area contributed by atoms with Crippen molar-refractivity contribution in [3.8, 4) is 0 Å². The lowest BCUT2D eigenvalue weighted by Crippen LogP contribution is -2.61. The minimum atomic E-state index is -1.71. The van der Waals surface area contributed by atoms with Crippen LogP contribution in [0.2, 0.25) is 0 Å². The fourth-order valence-corrected chi connectivity index (χ4v) is 6.78. The quantitative estimate of drug-likeness (QED) is 0.0245. The van der Waals surface area contributed by atoms with Gasteiger partial charge in [-0.25, -0.2) is 0 Å². The van der Waals surface area contributed by atoms with Crippen LogP contribution in [0, 0.1) is 0 Å². The number of allylic oxidation sites excluding steroid dienone is 10. The van der Waals surface area contributed by atoms with Gasteiger partial charge in [-0.3, -0.25) is 4.79 Å². The van der Waals surface area contributed by atoms with Crippen molar-refractivity contribution in [1.82, 2.24) is 0 Å². The minimum absolute atomic E-state index is 0.0506. The Morgan fingerprint density at radius 3 is 1.64 bits per heavy atom. The maximum Gasteiger partial charge on any atom is 0.306 e. The summed E-state index contributed by atoms with van der Waals surface area (Å²) in [7, 11) is 0. The first-order chi connectivity index (χ1) is 29.6. The molecule has 0 aromatic rings. The second kappa shape index (κ2) is 35.1. The van der Waals surface area contributed by atoms with Crippen LogP contribution in [0.1, 0.15) is 129 Å². The molecule has 7 N–H and O–H groups in total. The van der Waals surface area contributed by atoms with Crippen LogP contribution in [0.4, 0.5) is 0 Å². The normalized spacial score (nSPS) is 28.0. The highest BCUT2D eigenvalue weighted by molar-refractivity contribution is 5.69. The molecule has 2 heterocycles. The molecule has 14 nitrogen and oxygen atoms in total. The first-order valence-electron chi connectivity index (χ1n) is 22.9. The van der Waals surface area contributed by atoms with Gasteiger partial charge in [-0.1, -0.05) is 126 Å². The number of esters is 1. The number of rotatable bonds is 34. The van der Waals surface area contributed by atoms with Crippen LogP contribution in [0.3, 0.4) is 0 Å². The predicted molar refractivity (Wildman–Crippen MR) is 233 cm³/mol. The molecule has 2 rings (SSSR count). The van der Waals surface area contributed by atoms with Crippen molar-refractivity contribution in [2.45, 2.75) is 197 Å². The number of hydrogen-bond acceptors (Lipinski definition) is 14. The van der Waals surface area contributed by atoms with Crippen molar-refractivity contribution in [2.24, 2.45) is 0 Å². The summed E-state index contributed by atoms with van der Waals surface area (Å²) in [5.74, 6) is -0.408. The highest BCUT2D eigenvalue weighted by atomic mass is 16.7. The molecule has 0 saturated carbocycles. The summed E-state index contributed by atoms with van der Waals surface area (Å²) < 4.78 is 33.8. The van der Waals surface area contributed by atoms with Crippen LogP contribution < -0.4 is 0 Å². The van der Waals surface area contributed by atoms with Crippen molar-refractivity contribution >= 4 is 5.97 Å². The Morgan fingerprint density at radius 2 is 1.07 bits per heavy atom. The summed E-state index contributed by atoms with van der Waals surface area (Å²) in [5, 5.41) is 71.5. The summed E-state index contributed by atoms with van der Waals surface area (Å²) in [6.45, 7) is 3.33. The van der Waals surface area contributed by atoms with Crippen LogP contribution in [0.15, 0.2) is 60.8 Å². The second-order valence-corrected chi connectivity index (χ2v) is 15.8. The molecule has 0 aliphatic carbocycles. The molecule has 2 saturated heterocycles. The standard InChI is InChI=1S/C47H80O14/c1-3-5-7-8-9-10-11-12-13-14-15-16-17-18-19-20-21-22-23-24-25-26-27-29-31-56-33-36(59-39(49)30-28-6-4-2)34-57-46-45(55)43(53)41(51)38(61-46)35-58-47-44(54)42(52)40(50)37(32-48)60-47/h5,7,9-10,12-13,15-16,18-19,36-38,40-48,50-55H,3-4,6,8,11,14,17,20-35H2,1-2H3/b7-5-,10-9-,13-12-,16-15-,19-18-. The number of aliphatic hydroxyl groups is 7. The van der Waals surface area contributed by atoms with E-state index in [0.717, 1.165) is 70.6 Å². The lowest BCUT2D eigenvalue weighted by molar-refractivity contribution is -0.332. The van der Waals surface area contributed by atoms with E-state index in [1.54, 1.807) is 0 Å². The van der Waals surface area contributed by atoms with Gasteiger partial charge in [-0.05, 0) is 57.8 Å². The third kappa shape index (κ3) is 23.8. The number of ether oxygens (including phenoxy) is 6. The van der Waals surface area contributed by atoms with Gasteiger partial charge in [-0.15, -0.1) is 0 Å². The van der Waals surface area contributed by atoms with Gasteiger partial charge in [0, 0.05) is 13.0 Å². The van der Waals surface area contributed by atoms with E-state index in [2.05, 4.69) is 67.7 Å². The van der Waals surface area contributed by atoms with Crippen LogP contribution in [-0.4, -0.2) is 142 Å². The van der Waals surface area contributed by atoms with Crippen LogP contribution >= 0.6 is 0 Å². The Hall–Kier alpha value is -2.31. The van der Waals surface area contributed by atoms with Gasteiger partial charge in [0.05, 0.1) is 26.4 Å². The molecule has 0 spiro atoms. The first-order valence-corrected chi connectivity index (χ1v) is 22.9. The summed E-state index contributed by atoms with van der Waals surface area (Å²) in [6, 6.07) is 0. The average Bonchev–Trinajstić information content (AvgIpc) is 3.25. The van der Waals surface area contributed by atoms with Crippen LogP contribution in [0.5, 0.6) is 0 Å². The second-order valence-electron chi connectivity index (χ2n) is 15.8. The van der Waals surface area contributed by atoms with E-state index < -0.39 is 86.7 Å². The number of unbranched alkanes of at least 4 members (excludes halogenated alkanes) is 10. The molecule has 352 valence electrons. The Kier molecular flexibility index (Phi) is 31.5. The van der Waals surface area contributed by atoms with Gasteiger partial charge in [0.1, 0.15) is 54.9 Å². The zero-order valence-corrected chi connectivity index (χ0v) is 36.9. The number of hydrogen-bond donors (Lipinski definition) is 7. The molecule has 14 heteroatoms. The van der Waals surface area contributed by atoms with E-state index in [1.807, 2.05) is 6.92 Å². The molecule has 0 aromatic heterocycles. The van der Waals surface area contributed by atoms with E-state index in [9.17, 15) is 40.5 Å². The summed E-state index contributed by atoms with van der Waals surface area (Å²) in [6.07, 6.45) is 24.0. The number of carbonyl (C=O) groups excluding carboxylic acids is 1. The van der Waals surface area contributed by atoms with Crippen molar-refractivity contribution in [3.05, 3.63) is 60.8 Å². The third-order valence-electron chi connectivity index (χ3n) is 10.5. The fourth-order valence-electron chi connectivity index (χ4n) is 6.78. The van der Waals surface area contributed by atoms with Crippen molar-refractivity contribution in [3.63, 3.8) is 0 Å². The monoisotopic (exact) mass is 869 g/mol. The molecule has 2 aliphatic rings. The van der Waals surface area contributed by atoms with E-state index in [-0.39, 0.29) is 19.6 Å². The van der Waals surface area contributed by atoms with Crippen LogP contribution in [-0.2, 0) is 33.2 Å². The number of aliphatic hydroxyl groups excluding tert-OH is 7. The summed E-state index contributed by atoms with van der Waals surface area (Å²) in [4.78, 5) is 12.6. The molecule has 61 heavy (non-hydrogen) atoms. The van der Waals surface area contributed by atoms with E-state index in [1.165, 1.54) is 32.1 Å². The van der Waals surface area contributed by atoms with E-state index in [4.69, 9.17) is 28.4 Å². The minimum Gasteiger partial charge on any atom is -0.457 e. The largest absolute Gasteiger partial charge is 0.457 e. The smallest absolute Gasteiger partial charge is 0.306 e. The van der Waals surface area contributed by atoms with Gasteiger partial charge >= 0.3 is 5.97 Å². The Morgan fingerprint density at radius 1 is 0.557 bits per heavy atom. The van der Waals surface area contributed by atoms with Gasteiger partial charge in [-0.2, -0.15) is 0 Å². The molecular weight excluding hydrogens is 789 g/mol. The Bertz CT molecular complexity index is 1240. The molecule has 2 fully saturated rings. The van der Waals surface area contributed by atoms with E-state index >= 15 is 0 Å². The molecule has 0 radical (unpaired) electrons. The Labute approximate surface area is 364 Å². The van der Waals surface area contributed by atoms with Crippen molar-refractivity contribution < 1.29 is 69.0 Å². The molecule has 0 aromatic carbocycles. The lowest BCUT2D eigenvalue weighted by atomic mass is 9.98. The zero-order chi connectivity index (χ0) is 44.5. The highest BCUT2D eigenvalue weighted by Gasteiger charge is 2.47. The molecular formula is C47H80O14. The van der Waals surface area contributed by atoms with Gasteiger partial charge in [0.25, 0.3) is 0 Å². The number of carbonyl (C=O) groups is 1. The average molecular weight is 869 g/mol. The van der Waals surface area contributed by atoms with Gasteiger partial charge in [0.15, 0.2) is 12.6 Å². The SMILES string of the molecule is CC/C=C\C/C=C\C/C=C\C/C=C\C/C=C\CCCCCCCCCCOCC(COC1OC(COC2OC(CO)C(O)C(O)C2O)C(O)C(O)C1O)OC(=O)CCCCC. The molecule has 0 bridgehead atoms. The first kappa shape index (κ1) is 54.8. The predicted octanol–water partition coefficient (Wildman–Crippen LogP) is 5.40. The van der Waals surface area contributed by atoms with Gasteiger partial charge < -0.3 is 64.2 Å². The third-order valence-corrected chi connectivity index (χ3v) is 10.5. The lowest BCUT2D eigenvalue weighted by Gasteiger charge is -2.42. The molecule has 11 atom stereocenters. The molecule has 2 aliphatic heterocycles. The maximum absolute atomic E-state index is 12.6. The fraction of sp³-hybridized carbons (Fsp3) is 0.766. The van der Waals surface area contributed by atoms with Crippen molar-refractivity contribution in [2.75, 3.05) is 33.0 Å². The zero-order valence-electron chi connectivity index (χ0n) is 36.9. The van der Waals surface area contributed by atoms with E-state index in [0.29, 0.717) is 13.0 Å².